The van der Waals surface area contributed by atoms with Crippen LogP contribution in [0.3, 0.4) is 0 Å². The minimum absolute atomic E-state index is 0.650. The summed E-state index contributed by atoms with van der Waals surface area (Å²) in [5.74, 6) is 2.87. The van der Waals surface area contributed by atoms with Gasteiger partial charge in [0.1, 0.15) is 0 Å². The van der Waals surface area contributed by atoms with Gasteiger partial charge in [-0.25, -0.2) is 0 Å². The lowest BCUT2D eigenvalue weighted by molar-refractivity contribution is 0.246. The van der Waals surface area contributed by atoms with E-state index < -0.39 is 0 Å². The molecular weight excluding hydrogens is 132 g/mol. The van der Waals surface area contributed by atoms with Crippen molar-refractivity contribution in [1.29, 1.82) is 0 Å². The first kappa shape index (κ1) is 6.28. The summed E-state index contributed by atoms with van der Waals surface area (Å²) in [7, 11) is 0. The molecule has 3 rings (SSSR count). The lowest BCUT2D eigenvalue weighted by Gasteiger charge is -2.41. The summed E-state index contributed by atoms with van der Waals surface area (Å²) in [6.07, 6.45) is 2.54. The molecule has 2 saturated carbocycles. The van der Waals surface area contributed by atoms with Crippen molar-refractivity contribution in [2.45, 2.75) is 27.7 Å². The Morgan fingerprint density at radius 1 is 1.36 bits per heavy atom. The molecule has 0 heterocycles. The number of hydrogen-bond acceptors (Lipinski definition) is 0. The van der Waals surface area contributed by atoms with Crippen molar-refractivity contribution in [3.8, 4) is 0 Å². The fourth-order valence-electron chi connectivity index (χ4n) is 4.00. The molecular formula is C11H16. The van der Waals surface area contributed by atoms with Crippen molar-refractivity contribution >= 4 is 0 Å². The van der Waals surface area contributed by atoms with Gasteiger partial charge in [-0.1, -0.05) is 39.3 Å². The highest BCUT2D eigenvalue weighted by Crippen LogP contribution is 2.93. The summed E-state index contributed by atoms with van der Waals surface area (Å²) in [4.78, 5) is 0. The molecule has 2 fully saturated rings. The van der Waals surface area contributed by atoms with E-state index in [-0.39, 0.29) is 0 Å². The van der Waals surface area contributed by atoms with E-state index in [1.165, 1.54) is 0 Å². The molecule has 3 aliphatic carbocycles. The van der Waals surface area contributed by atoms with E-state index >= 15 is 0 Å². The number of allylic oxidation sites excluding steroid dienone is 2. The molecule has 0 nitrogen and oxygen atoms in total. The molecule has 0 amide bonds. The van der Waals surface area contributed by atoms with Crippen LogP contribution in [0.25, 0.3) is 0 Å². The van der Waals surface area contributed by atoms with Gasteiger partial charge in [-0.2, -0.15) is 0 Å². The maximum absolute atomic E-state index is 2.54. The van der Waals surface area contributed by atoms with Gasteiger partial charge in [0.25, 0.3) is 0 Å². The molecule has 0 aromatic rings. The minimum atomic E-state index is 0.650. The average molecular weight is 148 g/mol. The van der Waals surface area contributed by atoms with Crippen LogP contribution in [0.5, 0.6) is 0 Å². The first-order valence-electron chi connectivity index (χ1n) is 4.76. The van der Waals surface area contributed by atoms with Crippen molar-refractivity contribution in [2.75, 3.05) is 0 Å². The average Bonchev–Trinajstić information content (AvgIpc) is 2.36. The van der Waals surface area contributed by atoms with Crippen molar-refractivity contribution in [3.63, 3.8) is 0 Å². The lowest BCUT2D eigenvalue weighted by atomic mass is 9.63. The lowest BCUT2D eigenvalue weighted by Crippen LogP contribution is -2.33. The summed E-state index contributed by atoms with van der Waals surface area (Å²) >= 11 is 0. The first-order valence-corrected chi connectivity index (χ1v) is 4.76. The molecule has 0 saturated heterocycles. The van der Waals surface area contributed by atoms with E-state index in [1.807, 2.05) is 0 Å². The molecule has 11 heavy (non-hydrogen) atoms. The van der Waals surface area contributed by atoms with Gasteiger partial charge < -0.3 is 0 Å². The second-order valence-electron chi connectivity index (χ2n) is 5.33. The Morgan fingerprint density at radius 3 is 2.18 bits per heavy atom. The van der Waals surface area contributed by atoms with Crippen molar-refractivity contribution < 1.29 is 0 Å². The van der Waals surface area contributed by atoms with E-state index in [2.05, 4.69) is 33.8 Å². The second-order valence-corrected chi connectivity index (χ2v) is 5.33. The van der Waals surface area contributed by atoms with Gasteiger partial charge in [0.05, 0.1) is 0 Å². The van der Waals surface area contributed by atoms with E-state index in [0.29, 0.717) is 10.8 Å². The maximum atomic E-state index is 2.54. The highest BCUT2D eigenvalue weighted by atomic mass is 14.9. The van der Waals surface area contributed by atoms with Crippen LogP contribution in [0, 0.1) is 28.6 Å². The highest BCUT2D eigenvalue weighted by Gasteiger charge is 2.87. The Kier molecular flexibility index (Phi) is 0.694. The zero-order valence-electron chi connectivity index (χ0n) is 7.81. The molecule has 0 radical (unpaired) electrons. The Balaban J connectivity index is 1.98. The fourth-order valence-corrected chi connectivity index (χ4v) is 4.00. The van der Waals surface area contributed by atoms with Crippen LogP contribution in [-0.4, -0.2) is 0 Å². The van der Waals surface area contributed by atoms with E-state index in [1.54, 1.807) is 5.57 Å². The Labute approximate surface area is 68.7 Å². The summed E-state index contributed by atoms with van der Waals surface area (Å²) < 4.78 is 0. The monoisotopic (exact) mass is 148 g/mol. The largest absolute Gasteiger partial charge is 0.0773 e. The highest BCUT2D eigenvalue weighted by molar-refractivity contribution is 5.60. The molecule has 60 valence electrons. The molecule has 0 aromatic carbocycles. The van der Waals surface area contributed by atoms with Crippen LogP contribution in [0.15, 0.2) is 11.6 Å². The van der Waals surface area contributed by atoms with Crippen LogP contribution in [0.2, 0.25) is 0 Å². The van der Waals surface area contributed by atoms with E-state index in [0.717, 1.165) is 17.8 Å². The zero-order valence-corrected chi connectivity index (χ0v) is 7.81. The maximum Gasteiger partial charge on any atom is 0.00209 e. The van der Waals surface area contributed by atoms with Gasteiger partial charge in [-0.05, 0) is 23.2 Å². The minimum Gasteiger partial charge on any atom is -0.0773 e. The van der Waals surface area contributed by atoms with Crippen molar-refractivity contribution in [1.82, 2.24) is 0 Å². The van der Waals surface area contributed by atoms with Crippen LogP contribution < -0.4 is 0 Å². The van der Waals surface area contributed by atoms with Gasteiger partial charge in [0.2, 0.25) is 0 Å². The summed E-state index contributed by atoms with van der Waals surface area (Å²) in [6.45, 7) is 9.61. The first-order chi connectivity index (χ1) is 5.03. The summed E-state index contributed by atoms with van der Waals surface area (Å²) in [5, 5.41) is 0. The van der Waals surface area contributed by atoms with E-state index in [4.69, 9.17) is 0 Å². The molecule has 0 bridgehead atoms. The fraction of sp³-hybridized carbons (Fsp3) is 0.818. The van der Waals surface area contributed by atoms with Crippen LogP contribution in [0.4, 0.5) is 0 Å². The SMILES string of the molecule is CC(C)C1C2=CC3(C)C1C23C. The molecule has 0 heteroatoms. The molecule has 0 N–H and O–H groups in total. The molecule has 0 spiro atoms. The van der Waals surface area contributed by atoms with Gasteiger partial charge in [-0.3, -0.25) is 0 Å². The molecule has 3 aliphatic rings. The number of rotatable bonds is 1. The second kappa shape index (κ2) is 1.22. The van der Waals surface area contributed by atoms with Crippen molar-refractivity contribution in [2.24, 2.45) is 28.6 Å². The van der Waals surface area contributed by atoms with Crippen LogP contribution in [-0.2, 0) is 0 Å². The smallest absolute Gasteiger partial charge is 0.00209 e. The van der Waals surface area contributed by atoms with E-state index in [9.17, 15) is 0 Å². The standard InChI is InChI=1S/C11H16/c1-6(2)8-7-5-10(3)9(8)11(7,10)4/h5-6,8-9H,1-4H3. The Bertz CT molecular complexity index is 266. The predicted molar refractivity (Wildman–Crippen MR) is 46.1 cm³/mol. The number of fused-ring (bicyclic) bond motifs is 1. The Hall–Kier alpha value is -0.260. The van der Waals surface area contributed by atoms with Gasteiger partial charge in [-0.15, -0.1) is 0 Å². The third-order valence-electron chi connectivity index (χ3n) is 4.80. The van der Waals surface area contributed by atoms with Gasteiger partial charge in [0, 0.05) is 5.41 Å². The third-order valence-corrected chi connectivity index (χ3v) is 4.80. The van der Waals surface area contributed by atoms with Gasteiger partial charge in [0.15, 0.2) is 0 Å². The zero-order chi connectivity index (χ0) is 8.02. The topological polar surface area (TPSA) is 0 Å². The molecule has 4 unspecified atom stereocenters. The normalized spacial score (nSPS) is 62.8. The molecule has 4 atom stereocenters. The quantitative estimate of drug-likeness (QED) is 0.502. The molecule has 0 aliphatic heterocycles. The third kappa shape index (κ3) is 0.335. The predicted octanol–water partition coefficient (Wildman–Crippen LogP) is 2.85. The van der Waals surface area contributed by atoms with Gasteiger partial charge >= 0.3 is 0 Å². The van der Waals surface area contributed by atoms with Crippen LogP contribution in [0.1, 0.15) is 27.7 Å². The molecule has 0 aromatic heterocycles. The summed E-state index contributed by atoms with van der Waals surface area (Å²) in [5.41, 5.74) is 3.14. The summed E-state index contributed by atoms with van der Waals surface area (Å²) in [6, 6.07) is 0. The van der Waals surface area contributed by atoms with Crippen molar-refractivity contribution in [3.05, 3.63) is 11.6 Å². The van der Waals surface area contributed by atoms with Crippen LogP contribution >= 0.6 is 0 Å². The number of hydrogen-bond donors (Lipinski definition) is 0. The Morgan fingerprint density at radius 2 is 2.00 bits per heavy atom.